The molecular weight excluding hydrogens is 496 g/mol. The van der Waals surface area contributed by atoms with Crippen molar-refractivity contribution in [1.82, 2.24) is 20.6 Å². The van der Waals surface area contributed by atoms with Crippen LogP contribution in [0.1, 0.15) is 55.1 Å². The zero-order valence-corrected chi connectivity index (χ0v) is 19.7. The number of alkyl halides is 3. The van der Waals surface area contributed by atoms with Crippen molar-refractivity contribution >= 4 is 40.9 Å². The molecule has 2 N–H and O–H groups in total. The highest BCUT2D eigenvalue weighted by Gasteiger charge is 2.34. The lowest BCUT2D eigenvalue weighted by molar-refractivity contribution is -0.134. The third kappa shape index (κ3) is 6.04. The van der Waals surface area contributed by atoms with Crippen LogP contribution >= 0.6 is 23.2 Å². The first-order chi connectivity index (χ1) is 15.8. The molecule has 3 rings (SSSR count). The number of halogens is 5. The number of carbonyl (C=O) groups excluding carboxylic acids is 3. The summed E-state index contributed by atoms with van der Waals surface area (Å²) >= 11 is 12.7. The fourth-order valence-corrected chi connectivity index (χ4v) is 4.34. The molecule has 1 aromatic carbocycles. The molecule has 1 fully saturated rings. The number of hydrogen-bond donors (Lipinski definition) is 2. The highest BCUT2D eigenvalue weighted by Crippen LogP contribution is 2.37. The molecular formula is C22H21Cl2F3N4O3. The highest BCUT2D eigenvalue weighted by atomic mass is 35.5. The quantitative estimate of drug-likeness (QED) is 0.565. The number of hydrogen-bond acceptors (Lipinski definition) is 5. The average Bonchev–Trinajstić information content (AvgIpc) is 2.72. The summed E-state index contributed by atoms with van der Waals surface area (Å²) in [7, 11) is 0. The standard InChI is InChI=1S/C22H21Cl2F3N4O3/c1-21(2,19-28-9-12(10-29-19)7-22(25,26)27)20(34)30-8-11-5-14(23)17(15(24)6-11)13-3-4-16(32)31-18(13)33/h5-6,9-10,13H,3-4,7-8H2,1-2H3,(H,30,34)(H,31,32,33). The van der Waals surface area contributed by atoms with Crippen LogP contribution in [0.4, 0.5) is 13.2 Å². The number of rotatable bonds is 6. The third-order valence-corrected chi connectivity index (χ3v) is 6.04. The first-order valence-electron chi connectivity index (χ1n) is 10.3. The molecule has 2 aromatic rings. The average molecular weight is 517 g/mol. The highest BCUT2D eigenvalue weighted by molar-refractivity contribution is 6.36. The molecule has 1 aliphatic rings. The van der Waals surface area contributed by atoms with Crippen molar-refractivity contribution in [3.63, 3.8) is 0 Å². The molecule has 1 aliphatic heterocycles. The van der Waals surface area contributed by atoms with Crippen molar-refractivity contribution in [2.45, 2.75) is 57.2 Å². The first-order valence-corrected chi connectivity index (χ1v) is 11.0. The lowest BCUT2D eigenvalue weighted by atomic mass is 9.89. The van der Waals surface area contributed by atoms with E-state index in [-0.39, 0.29) is 46.7 Å². The number of nitrogens with zero attached hydrogens (tertiary/aromatic N) is 2. The van der Waals surface area contributed by atoms with Crippen LogP contribution in [0.2, 0.25) is 10.0 Å². The fraction of sp³-hybridized carbons (Fsp3) is 0.409. The van der Waals surface area contributed by atoms with Crippen molar-refractivity contribution in [1.29, 1.82) is 0 Å². The molecule has 1 atom stereocenters. The van der Waals surface area contributed by atoms with Gasteiger partial charge in [-0.3, -0.25) is 19.7 Å². The van der Waals surface area contributed by atoms with Crippen LogP contribution in [0.15, 0.2) is 24.5 Å². The van der Waals surface area contributed by atoms with Gasteiger partial charge in [0.15, 0.2) is 0 Å². The zero-order chi connectivity index (χ0) is 25.3. The monoisotopic (exact) mass is 516 g/mol. The minimum absolute atomic E-state index is 0.0451. The van der Waals surface area contributed by atoms with Gasteiger partial charge in [0.1, 0.15) is 11.2 Å². The summed E-state index contributed by atoms with van der Waals surface area (Å²) in [4.78, 5) is 44.2. The van der Waals surface area contributed by atoms with Gasteiger partial charge < -0.3 is 5.32 Å². The Hall–Kier alpha value is -2.72. The first kappa shape index (κ1) is 25.9. The van der Waals surface area contributed by atoms with Gasteiger partial charge in [-0.1, -0.05) is 23.2 Å². The van der Waals surface area contributed by atoms with Gasteiger partial charge in [0.25, 0.3) is 0 Å². The Labute approximate surface area is 203 Å². The lowest BCUT2D eigenvalue weighted by Crippen LogP contribution is -2.41. The van der Waals surface area contributed by atoms with Crippen molar-refractivity contribution in [3.8, 4) is 0 Å². The summed E-state index contributed by atoms with van der Waals surface area (Å²) < 4.78 is 37.5. The molecule has 0 bridgehead atoms. The topological polar surface area (TPSA) is 101 Å². The second kappa shape index (κ2) is 9.87. The van der Waals surface area contributed by atoms with Gasteiger partial charge in [0, 0.05) is 41.0 Å². The van der Waals surface area contributed by atoms with E-state index < -0.39 is 35.7 Å². The fourth-order valence-electron chi connectivity index (χ4n) is 3.55. The molecule has 2 heterocycles. The molecule has 3 amide bonds. The van der Waals surface area contributed by atoms with Crippen LogP contribution in [-0.2, 0) is 32.8 Å². The summed E-state index contributed by atoms with van der Waals surface area (Å²) in [6, 6.07) is 3.14. The zero-order valence-electron chi connectivity index (χ0n) is 18.2. The maximum absolute atomic E-state index is 12.8. The third-order valence-electron chi connectivity index (χ3n) is 5.42. The van der Waals surface area contributed by atoms with E-state index >= 15 is 0 Å². The van der Waals surface area contributed by atoms with E-state index in [1.807, 2.05) is 0 Å². The Morgan fingerprint density at radius 3 is 2.24 bits per heavy atom. The normalized spacial score (nSPS) is 16.9. The number of imide groups is 1. The number of amides is 3. The minimum atomic E-state index is -4.38. The molecule has 7 nitrogen and oxygen atoms in total. The second-order valence-corrected chi connectivity index (χ2v) is 9.31. The summed E-state index contributed by atoms with van der Waals surface area (Å²) in [6.45, 7) is 3.14. The van der Waals surface area contributed by atoms with Gasteiger partial charge >= 0.3 is 6.18 Å². The Morgan fingerprint density at radius 2 is 1.71 bits per heavy atom. The van der Waals surface area contributed by atoms with E-state index in [1.54, 1.807) is 26.0 Å². The summed E-state index contributed by atoms with van der Waals surface area (Å²) in [5.41, 5.74) is -0.350. The number of carbonyl (C=O) groups is 3. The SMILES string of the molecule is CC(C)(C(=O)NCc1cc(Cl)c(C2CCC(=O)NC2=O)c(Cl)c1)c1ncc(CC(F)(F)F)cn1. The maximum atomic E-state index is 12.8. The van der Waals surface area contributed by atoms with Gasteiger partial charge in [0.05, 0.1) is 12.3 Å². The smallest absolute Gasteiger partial charge is 0.351 e. The van der Waals surface area contributed by atoms with Crippen LogP contribution in [0.25, 0.3) is 0 Å². The minimum Gasteiger partial charge on any atom is -0.351 e. The van der Waals surface area contributed by atoms with Gasteiger partial charge in [-0.15, -0.1) is 0 Å². The van der Waals surface area contributed by atoms with E-state index in [1.165, 1.54) is 0 Å². The van der Waals surface area contributed by atoms with Gasteiger partial charge in [-0.25, -0.2) is 9.97 Å². The molecule has 0 saturated carbocycles. The van der Waals surface area contributed by atoms with Gasteiger partial charge in [-0.05, 0) is 43.5 Å². The molecule has 34 heavy (non-hydrogen) atoms. The predicted molar refractivity (Wildman–Crippen MR) is 118 cm³/mol. The molecule has 1 aromatic heterocycles. The van der Waals surface area contributed by atoms with Crippen LogP contribution in [-0.4, -0.2) is 33.9 Å². The number of benzene rings is 1. The van der Waals surface area contributed by atoms with Crippen molar-refractivity contribution in [2.75, 3.05) is 0 Å². The maximum Gasteiger partial charge on any atom is 0.393 e. The summed E-state index contributed by atoms with van der Waals surface area (Å²) in [6.07, 6.45) is -2.97. The molecule has 1 unspecified atom stereocenters. The number of nitrogens with one attached hydrogen (secondary N) is 2. The van der Waals surface area contributed by atoms with Crippen LogP contribution in [0, 0.1) is 0 Å². The van der Waals surface area contributed by atoms with E-state index in [2.05, 4.69) is 20.6 Å². The molecule has 1 saturated heterocycles. The molecule has 0 spiro atoms. The van der Waals surface area contributed by atoms with E-state index in [0.717, 1.165) is 12.4 Å². The van der Waals surface area contributed by atoms with E-state index in [4.69, 9.17) is 23.2 Å². The molecule has 0 aliphatic carbocycles. The van der Waals surface area contributed by atoms with Gasteiger partial charge in [0.2, 0.25) is 17.7 Å². The Bertz CT molecular complexity index is 1100. The molecule has 182 valence electrons. The molecule has 12 heteroatoms. The molecule has 0 radical (unpaired) electrons. The van der Waals surface area contributed by atoms with Crippen molar-refractivity contribution in [3.05, 3.63) is 57.1 Å². The second-order valence-electron chi connectivity index (χ2n) is 8.49. The van der Waals surface area contributed by atoms with Crippen LogP contribution in [0.5, 0.6) is 0 Å². The Morgan fingerprint density at radius 1 is 1.12 bits per heavy atom. The van der Waals surface area contributed by atoms with E-state index in [9.17, 15) is 27.6 Å². The number of aromatic nitrogens is 2. The largest absolute Gasteiger partial charge is 0.393 e. The lowest BCUT2D eigenvalue weighted by Gasteiger charge is -2.24. The predicted octanol–water partition coefficient (Wildman–Crippen LogP) is 4.00. The van der Waals surface area contributed by atoms with E-state index in [0.29, 0.717) is 11.1 Å². The number of piperidine rings is 1. The van der Waals surface area contributed by atoms with Crippen LogP contribution < -0.4 is 10.6 Å². The van der Waals surface area contributed by atoms with Gasteiger partial charge in [-0.2, -0.15) is 13.2 Å². The van der Waals surface area contributed by atoms with Crippen molar-refractivity contribution in [2.24, 2.45) is 0 Å². The summed E-state index contributed by atoms with van der Waals surface area (Å²) in [5, 5.41) is 5.44. The Balaban J connectivity index is 1.69. The van der Waals surface area contributed by atoms with Crippen molar-refractivity contribution < 1.29 is 27.6 Å². The van der Waals surface area contributed by atoms with Crippen LogP contribution in [0.3, 0.4) is 0 Å². The Kier molecular flexibility index (Phi) is 7.52. The summed E-state index contributed by atoms with van der Waals surface area (Å²) in [5.74, 6) is -1.87.